The molecule has 1 unspecified atom stereocenters. The Balaban J connectivity index is 1.78. The van der Waals surface area contributed by atoms with Crippen molar-refractivity contribution in [3.05, 3.63) is 53.9 Å². The first kappa shape index (κ1) is 17.6. The van der Waals surface area contributed by atoms with E-state index >= 15 is 0 Å². The van der Waals surface area contributed by atoms with Crippen molar-refractivity contribution in [1.82, 2.24) is 9.88 Å². The fourth-order valence-electron chi connectivity index (χ4n) is 2.87. The van der Waals surface area contributed by atoms with Gasteiger partial charge in [-0.05, 0) is 36.8 Å². The minimum absolute atomic E-state index is 0.00123. The predicted molar refractivity (Wildman–Crippen MR) is 99.0 cm³/mol. The Bertz CT molecular complexity index is 724. The van der Waals surface area contributed by atoms with Gasteiger partial charge in [0.1, 0.15) is 5.37 Å². The van der Waals surface area contributed by atoms with E-state index in [0.29, 0.717) is 30.4 Å². The van der Waals surface area contributed by atoms with Gasteiger partial charge >= 0.3 is 0 Å². The Morgan fingerprint density at radius 1 is 1.28 bits per heavy atom. The molecule has 0 aliphatic carbocycles. The van der Waals surface area contributed by atoms with E-state index in [1.165, 1.54) is 0 Å². The van der Waals surface area contributed by atoms with Crippen LogP contribution < -0.4 is 9.47 Å². The van der Waals surface area contributed by atoms with Crippen LogP contribution in [0.4, 0.5) is 0 Å². The van der Waals surface area contributed by atoms with Gasteiger partial charge in [-0.15, -0.1) is 11.8 Å². The van der Waals surface area contributed by atoms with Crippen LogP contribution in [0.5, 0.6) is 11.5 Å². The molecule has 132 valence electrons. The lowest BCUT2D eigenvalue weighted by atomic mass is 10.1. The molecule has 0 N–H and O–H groups in total. The summed E-state index contributed by atoms with van der Waals surface area (Å²) in [5.41, 5.74) is 2.05. The molecule has 1 aromatic heterocycles. The molecule has 0 spiro atoms. The lowest BCUT2D eigenvalue weighted by molar-refractivity contribution is -0.128. The molecular formula is C19H22N2O3S. The summed E-state index contributed by atoms with van der Waals surface area (Å²) in [7, 11) is 1.63. The SMILES string of the molecule is CCOc1cc(C2SCC(=O)N2CCc2ccccn2)ccc1OC. The number of rotatable bonds is 7. The number of aromatic nitrogens is 1. The Labute approximate surface area is 152 Å². The van der Waals surface area contributed by atoms with Crippen LogP contribution >= 0.6 is 11.8 Å². The summed E-state index contributed by atoms with van der Waals surface area (Å²) in [6.45, 7) is 3.17. The number of benzene rings is 1. The third kappa shape index (κ3) is 4.07. The van der Waals surface area contributed by atoms with Crippen LogP contribution in [-0.4, -0.2) is 41.8 Å². The number of carbonyl (C=O) groups excluding carboxylic acids is 1. The predicted octanol–water partition coefficient (Wildman–Crippen LogP) is 3.31. The summed E-state index contributed by atoms with van der Waals surface area (Å²) in [6.07, 6.45) is 2.53. The average Bonchev–Trinajstić information content (AvgIpc) is 3.01. The Kier molecular flexibility index (Phi) is 5.81. The van der Waals surface area contributed by atoms with E-state index < -0.39 is 0 Å². The second-order valence-electron chi connectivity index (χ2n) is 5.66. The highest BCUT2D eigenvalue weighted by Gasteiger charge is 2.33. The van der Waals surface area contributed by atoms with Gasteiger partial charge in [-0.2, -0.15) is 0 Å². The highest BCUT2D eigenvalue weighted by molar-refractivity contribution is 8.00. The monoisotopic (exact) mass is 358 g/mol. The van der Waals surface area contributed by atoms with Crippen LogP contribution in [0.2, 0.25) is 0 Å². The summed E-state index contributed by atoms with van der Waals surface area (Å²) in [4.78, 5) is 18.6. The zero-order valence-corrected chi connectivity index (χ0v) is 15.3. The van der Waals surface area contributed by atoms with Crippen molar-refractivity contribution in [2.45, 2.75) is 18.7 Å². The molecule has 2 heterocycles. The van der Waals surface area contributed by atoms with Crippen LogP contribution in [0.25, 0.3) is 0 Å². The van der Waals surface area contributed by atoms with Gasteiger partial charge in [0, 0.05) is 24.9 Å². The van der Waals surface area contributed by atoms with Crippen LogP contribution in [-0.2, 0) is 11.2 Å². The third-order valence-corrected chi connectivity index (χ3v) is 5.33. The second kappa shape index (κ2) is 8.25. The van der Waals surface area contributed by atoms with E-state index in [1.807, 2.05) is 48.2 Å². The fraction of sp³-hybridized carbons (Fsp3) is 0.368. The molecule has 5 nitrogen and oxygen atoms in total. The van der Waals surface area contributed by atoms with Crippen molar-refractivity contribution in [2.75, 3.05) is 26.0 Å². The van der Waals surface area contributed by atoms with Gasteiger partial charge in [0.05, 0.1) is 19.5 Å². The van der Waals surface area contributed by atoms with Crippen molar-refractivity contribution >= 4 is 17.7 Å². The first-order valence-electron chi connectivity index (χ1n) is 8.34. The van der Waals surface area contributed by atoms with Crippen LogP contribution in [0.15, 0.2) is 42.6 Å². The van der Waals surface area contributed by atoms with Crippen LogP contribution in [0.1, 0.15) is 23.6 Å². The van der Waals surface area contributed by atoms with Gasteiger partial charge in [-0.25, -0.2) is 0 Å². The summed E-state index contributed by atoms with van der Waals surface area (Å²) in [6, 6.07) is 11.7. The van der Waals surface area contributed by atoms with E-state index in [1.54, 1.807) is 25.1 Å². The number of amides is 1. The van der Waals surface area contributed by atoms with Crippen molar-refractivity contribution in [1.29, 1.82) is 0 Å². The summed E-state index contributed by atoms with van der Waals surface area (Å²) in [5.74, 6) is 2.09. The quantitative estimate of drug-likeness (QED) is 0.760. The standard InChI is InChI=1S/C19H22N2O3S/c1-3-24-17-12-14(7-8-16(17)23-2)19-21(18(22)13-25-19)11-9-15-6-4-5-10-20-15/h4-8,10,12,19H,3,9,11,13H2,1-2H3. The maximum absolute atomic E-state index is 12.3. The molecule has 1 aromatic carbocycles. The minimum Gasteiger partial charge on any atom is -0.493 e. The van der Waals surface area contributed by atoms with Gasteiger partial charge in [0.15, 0.2) is 11.5 Å². The van der Waals surface area contributed by atoms with Gasteiger partial charge in [0.2, 0.25) is 5.91 Å². The minimum atomic E-state index is 0.00123. The molecule has 1 aliphatic rings. The summed E-state index contributed by atoms with van der Waals surface area (Å²) >= 11 is 1.65. The first-order valence-corrected chi connectivity index (χ1v) is 9.39. The molecule has 1 atom stereocenters. The second-order valence-corrected chi connectivity index (χ2v) is 6.73. The van der Waals surface area contributed by atoms with E-state index in [-0.39, 0.29) is 11.3 Å². The fourth-order valence-corrected chi connectivity index (χ4v) is 4.08. The van der Waals surface area contributed by atoms with Crippen molar-refractivity contribution in [3.63, 3.8) is 0 Å². The molecule has 25 heavy (non-hydrogen) atoms. The van der Waals surface area contributed by atoms with Crippen molar-refractivity contribution in [3.8, 4) is 11.5 Å². The van der Waals surface area contributed by atoms with Gasteiger partial charge in [-0.3, -0.25) is 9.78 Å². The Hall–Kier alpha value is -2.21. The molecule has 3 rings (SSSR count). The van der Waals surface area contributed by atoms with Crippen molar-refractivity contribution < 1.29 is 14.3 Å². The largest absolute Gasteiger partial charge is 0.493 e. The van der Waals surface area contributed by atoms with Crippen LogP contribution in [0, 0.1) is 0 Å². The highest BCUT2D eigenvalue weighted by atomic mass is 32.2. The molecule has 0 radical (unpaired) electrons. The smallest absolute Gasteiger partial charge is 0.233 e. The van der Waals surface area contributed by atoms with Crippen molar-refractivity contribution in [2.24, 2.45) is 0 Å². The number of thioether (sulfide) groups is 1. The van der Waals surface area contributed by atoms with Crippen LogP contribution in [0.3, 0.4) is 0 Å². The maximum atomic E-state index is 12.3. The molecule has 0 bridgehead atoms. The number of carbonyl (C=O) groups is 1. The lowest BCUT2D eigenvalue weighted by Gasteiger charge is -2.25. The zero-order valence-electron chi connectivity index (χ0n) is 14.5. The number of hydrogen-bond acceptors (Lipinski definition) is 5. The number of nitrogens with zero attached hydrogens (tertiary/aromatic N) is 2. The van der Waals surface area contributed by atoms with Gasteiger partial charge < -0.3 is 14.4 Å². The first-order chi connectivity index (χ1) is 12.2. The molecule has 1 fully saturated rings. The number of methoxy groups -OCH3 is 1. The average molecular weight is 358 g/mol. The number of hydrogen-bond donors (Lipinski definition) is 0. The molecule has 1 amide bonds. The molecule has 6 heteroatoms. The maximum Gasteiger partial charge on any atom is 0.233 e. The summed E-state index contributed by atoms with van der Waals surface area (Å²) < 4.78 is 11.0. The van der Waals surface area contributed by atoms with E-state index in [4.69, 9.17) is 9.47 Å². The Morgan fingerprint density at radius 3 is 2.88 bits per heavy atom. The van der Waals surface area contributed by atoms with E-state index in [9.17, 15) is 4.79 Å². The molecule has 1 saturated heterocycles. The van der Waals surface area contributed by atoms with Gasteiger partial charge in [0.25, 0.3) is 0 Å². The molecular weight excluding hydrogens is 336 g/mol. The molecule has 2 aromatic rings. The third-order valence-electron chi connectivity index (χ3n) is 4.08. The zero-order chi connectivity index (χ0) is 17.6. The van der Waals surface area contributed by atoms with E-state index in [2.05, 4.69) is 4.98 Å². The summed E-state index contributed by atoms with van der Waals surface area (Å²) in [5, 5.41) is 0.00123. The Morgan fingerprint density at radius 2 is 2.16 bits per heavy atom. The number of pyridine rings is 1. The van der Waals surface area contributed by atoms with E-state index in [0.717, 1.165) is 17.7 Å². The highest BCUT2D eigenvalue weighted by Crippen LogP contribution is 2.41. The lowest BCUT2D eigenvalue weighted by Crippen LogP contribution is -2.30. The molecule has 1 aliphatic heterocycles. The normalized spacial score (nSPS) is 17.0. The van der Waals surface area contributed by atoms with Gasteiger partial charge in [-0.1, -0.05) is 12.1 Å². The number of ether oxygens (including phenoxy) is 2. The molecule has 0 saturated carbocycles. The topological polar surface area (TPSA) is 51.7 Å².